The van der Waals surface area contributed by atoms with Crippen molar-refractivity contribution in [2.24, 2.45) is 5.10 Å². The highest BCUT2D eigenvalue weighted by molar-refractivity contribution is 7.98. The van der Waals surface area contributed by atoms with Gasteiger partial charge in [0.05, 0.1) is 18.9 Å². The summed E-state index contributed by atoms with van der Waals surface area (Å²) in [6.45, 7) is 0. The Morgan fingerprint density at radius 2 is 1.93 bits per heavy atom. The SMILES string of the molecule is COC(=O)c1c(NC(=O)C(=O)N/N=C\c2ccc(SC)cc2)sc2c1CCC2. The zero-order valence-electron chi connectivity index (χ0n) is 15.4. The number of hydrazone groups is 1. The minimum Gasteiger partial charge on any atom is -0.465 e. The molecule has 0 fully saturated rings. The molecule has 28 heavy (non-hydrogen) atoms. The summed E-state index contributed by atoms with van der Waals surface area (Å²) >= 11 is 2.93. The van der Waals surface area contributed by atoms with Crippen molar-refractivity contribution in [3.8, 4) is 0 Å². The van der Waals surface area contributed by atoms with E-state index >= 15 is 0 Å². The third-order valence-electron chi connectivity index (χ3n) is 4.24. The number of thiophene rings is 1. The lowest BCUT2D eigenvalue weighted by Gasteiger charge is -2.06. The number of carbonyl (C=O) groups excluding carboxylic acids is 3. The second-order valence-corrected chi connectivity index (χ2v) is 7.96. The molecular weight excluding hydrogens is 398 g/mol. The zero-order chi connectivity index (χ0) is 20.1. The van der Waals surface area contributed by atoms with Gasteiger partial charge in [-0.2, -0.15) is 5.10 Å². The van der Waals surface area contributed by atoms with Crippen LogP contribution < -0.4 is 10.7 Å². The standard InChI is InChI=1S/C19H19N3O4S2/c1-26-19(25)15-13-4-3-5-14(13)28-18(15)21-16(23)17(24)22-20-10-11-6-8-12(27-2)9-7-11/h6-10H,3-5H2,1-2H3,(H,21,23)(H,22,24)/b20-10-. The van der Waals surface area contributed by atoms with Crippen LogP contribution in [0.15, 0.2) is 34.3 Å². The van der Waals surface area contributed by atoms with Gasteiger partial charge in [0, 0.05) is 9.77 Å². The van der Waals surface area contributed by atoms with Gasteiger partial charge in [-0.1, -0.05) is 12.1 Å². The average molecular weight is 418 g/mol. The van der Waals surface area contributed by atoms with Gasteiger partial charge in [0.15, 0.2) is 0 Å². The quantitative estimate of drug-likeness (QED) is 0.256. The van der Waals surface area contributed by atoms with Crippen LogP contribution in [0.25, 0.3) is 0 Å². The van der Waals surface area contributed by atoms with Crippen LogP contribution in [0.4, 0.5) is 5.00 Å². The van der Waals surface area contributed by atoms with Crippen molar-refractivity contribution in [1.29, 1.82) is 0 Å². The van der Waals surface area contributed by atoms with E-state index in [1.165, 1.54) is 24.7 Å². The van der Waals surface area contributed by atoms with E-state index in [9.17, 15) is 14.4 Å². The maximum absolute atomic E-state index is 12.2. The Kier molecular flexibility index (Phi) is 6.48. The number of nitrogens with zero attached hydrogens (tertiary/aromatic N) is 1. The van der Waals surface area contributed by atoms with Crippen LogP contribution in [0.2, 0.25) is 0 Å². The third-order valence-corrected chi connectivity index (χ3v) is 6.19. The van der Waals surface area contributed by atoms with Crippen LogP contribution in [-0.4, -0.2) is 37.4 Å². The van der Waals surface area contributed by atoms with Crippen molar-refractivity contribution in [3.63, 3.8) is 0 Å². The van der Waals surface area contributed by atoms with Gasteiger partial charge in [-0.15, -0.1) is 23.1 Å². The number of fused-ring (bicyclic) bond motifs is 1. The molecule has 1 aliphatic carbocycles. The first-order chi connectivity index (χ1) is 13.5. The summed E-state index contributed by atoms with van der Waals surface area (Å²) < 4.78 is 4.82. The number of carbonyl (C=O) groups is 3. The Balaban J connectivity index is 1.64. The molecule has 146 valence electrons. The lowest BCUT2D eigenvalue weighted by Crippen LogP contribution is -2.32. The number of aryl methyl sites for hydroxylation is 1. The molecule has 2 amide bonds. The zero-order valence-corrected chi connectivity index (χ0v) is 17.0. The summed E-state index contributed by atoms with van der Waals surface area (Å²) in [5.74, 6) is -2.32. The van der Waals surface area contributed by atoms with Gasteiger partial charge in [0.25, 0.3) is 0 Å². The van der Waals surface area contributed by atoms with E-state index < -0.39 is 17.8 Å². The van der Waals surface area contributed by atoms with Crippen LogP contribution in [0, 0.1) is 0 Å². The normalized spacial score (nSPS) is 12.6. The number of esters is 1. The molecule has 7 nitrogen and oxygen atoms in total. The molecule has 2 N–H and O–H groups in total. The Bertz CT molecular complexity index is 935. The lowest BCUT2D eigenvalue weighted by atomic mass is 10.1. The average Bonchev–Trinajstić information content (AvgIpc) is 3.28. The maximum Gasteiger partial charge on any atom is 0.341 e. The van der Waals surface area contributed by atoms with Crippen LogP contribution in [0.1, 0.15) is 32.8 Å². The summed E-state index contributed by atoms with van der Waals surface area (Å²) in [5, 5.41) is 6.65. The minimum absolute atomic E-state index is 0.341. The number of methoxy groups -OCH3 is 1. The predicted molar refractivity (Wildman–Crippen MR) is 110 cm³/mol. The van der Waals surface area contributed by atoms with E-state index in [1.54, 1.807) is 11.8 Å². The van der Waals surface area contributed by atoms with Gasteiger partial charge >= 0.3 is 17.8 Å². The van der Waals surface area contributed by atoms with Crippen molar-refractivity contribution in [2.45, 2.75) is 24.2 Å². The van der Waals surface area contributed by atoms with Gasteiger partial charge < -0.3 is 10.1 Å². The molecule has 0 bridgehead atoms. The van der Waals surface area contributed by atoms with E-state index in [-0.39, 0.29) is 0 Å². The largest absolute Gasteiger partial charge is 0.465 e. The number of anilines is 1. The summed E-state index contributed by atoms with van der Waals surface area (Å²) in [4.78, 5) is 38.4. The highest BCUT2D eigenvalue weighted by Gasteiger charge is 2.29. The molecule has 1 aromatic carbocycles. The lowest BCUT2D eigenvalue weighted by molar-refractivity contribution is -0.136. The van der Waals surface area contributed by atoms with Gasteiger partial charge in [-0.05, 0) is 48.8 Å². The van der Waals surface area contributed by atoms with E-state index in [2.05, 4.69) is 15.8 Å². The highest BCUT2D eigenvalue weighted by Crippen LogP contribution is 2.39. The van der Waals surface area contributed by atoms with E-state index in [1.807, 2.05) is 30.5 Å². The molecule has 0 saturated heterocycles. The van der Waals surface area contributed by atoms with Gasteiger partial charge in [-0.25, -0.2) is 10.2 Å². The maximum atomic E-state index is 12.2. The Labute approximate surface area is 170 Å². The Morgan fingerprint density at radius 1 is 1.18 bits per heavy atom. The fourth-order valence-electron chi connectivity index (χ4n) is 2.88. The second kappa shape index (κ2) is 9.03. The summed E-state index contributed by atoms with van der Waals surface area (Å²) in [6.07, 6.45) is 6.01. The first-order valence-corrected chi connectivity index (χ1v) is 10.6. The van der Waals surface area contributed by atoms with E-state index in [0.717, 1.165) is 40.2 Å². The predicted octanol–water partition coefficient (Wildman–Crippen LogP) is 2.83. The Morgan fingerprint density at radius 3 is 2.61 bits per heavy atom. The number of rotatable bonds is 5. The molecule has 0 spiro atoms. The van der Waals surface area contributed by atoms with Crippen LogP contribution in [0.5, 0.6) is 0 Å². The third kappa shape index (κ3) is 4.42. The van der Waals surface area contributed by atoms with Crippen molar-refractivity contribution < 1.29 is 19.1 Å². The van der Waals surface area contributed by atoms with Gasteiger partial charge in [-0.3, -0.25) is 9.59 Å². The number of ether oxygens (including phenoxy) is 1. The van der Waals surface area contributed by atoms with Gasteiger partial charge in [0.2, 0.25) is 0 Å². The number of amides is 2. The molecule has 3 rings (SSSR count). The molecule has 0 radical (unpaired) electrons. The molecule has 1 aliphatic rings. The minimum atomic E-state index is -0.915. The fraction of sp³-hybridized carbons (Fsp3) is 0.263. The molecule has 2 aromatic rings. The van der Waals surface area contributed by atoms with Crippen molar-refractivity contribution in [3.05, 3.63) is 45.8 Å². The first kappa shape index (κ1) is 20.1. The van der Waals surface area contributed by atoms with Crippen molar-refractivity contribution >= 4 is 52.1 Å². The molecule has 1 aromatic heterocycles. The topological polar surface area (TPSA) is 96.9 Å². The summed E-state index contributed by atoms with van der Waals surface area (Å²) in [7, 11) is 1.29. The summed E-state index contributed by atoms with van der Waals surface area (Å²) in [6, 6.07) is 7.59. The van der Waals surface area contributed by atoms with Crippen molar-refractivity contribution in [1.82, 2.24) is 5.43 Å². The monoisotopic (exact) mass is 417 g/mol. The van der Waals surface area contributed by atoms with Crippen molar-refractivity contribution in [2.75, 3.05) is 18.7 Å². The number of hydrogen-bond acceptors (Lipinski definition) is 7. The van der Waals surface area contributed by atoms with E-state index in [4.69, 9.17) is 4.74 Å². The number of thioether (sulfide) groups is 1. The number of benzene rings is 1. The first-order valence-electron chi connectivity index (χ1n) is 8.54. The number of nitrogens with one attached hydrogen (secondary N) is 2. The molecule has 0 atom stereocenters. The number of hydrogen-bond donors (Lipinski definition) is 2. The fourth-order valence-corrected chi connectivity index (χ4v) is 4.56. The van der Waals surface area contributed by atoms with E-state index in [0.29, 0.717) is 10.6 Å². The van der Waals surface area contributed by atoms with Gasteiger partial charge in [0.1, 0.15) is 5.00 Å². The highest BCUT2D eigenvalue weighted by atomic mass is 32.2. The second-order valence-electron chi connectivity index (χ2n) is 5.98. The molecule has 9 heteroatoms. The summed E-state index contributed by atoms with van der Waals surface area (Å²) in [5.41, 5.74) is 4.23. The molecular formula is C19H19N3O4S2. The smallest absolute Gasteiger partial charge is 0.341 e. The molecule has 0 unspecified atom stereocenters. The van der Waals surface area contributed by atoms with Crippen LogP contribution in [0.3, 0.4) is 0 Å². The molecule has 0 saturated carbocycles. The molecule has 1 heterocycles. The Hall–Kier alpha value is -2.65. The van der Waals surface area contributed by atoms with Crippen LogP contribution in [-0.2, 0) is 27.2 Å². The van der Waals surface area contributed by atoms with Crippen LogP contribution >= 0.6 is 23.1 Å². The molecule has 0 aliphatic heterocycles.